The van der Waals surface area contributed by atoms with Crippen molar-refractivity contribution < 1.29 is 8.78 Å². The standard InChI is InChI=1S/C15H10BrF2N/c16-12-4-5-14-10(8-12)6-7-19(14)9-11-2-1-3-13(17)15(11)18/h1-8H,9H2. The molecule has 0 saturated carbocycles. The van der Waals surface area contributed by atoms with Crippen molar-refractivity contribution in [1.29, 1.82) is 0 Å². The van der Waals surface area contributed by atoms with Crippen LogP contribution in [-0.4, -0.2) is 4.57 Å². The van der Waals surface area contributed by atoms with Crippen molar-refractivity contribution in [3.05, 3.63) is 70.3 Å². The van der Waals surface area contributed by atoms with Crippen LogP contribution in [0.2, 0.25) is 0 Å². The lowest BCUT2D eigenvalue weighted by atomic mass is 10.2. The Kier molecular flexibility index (Phi) is 3.11. The van der Waals surface area contributed by atoms with Gasteiger partial charge < -0.3 is 4.57 Å². The van der Waals surface area contributed by atoms with Gasteiger partial charge in [0, 0.05) is 27.1 Å². The summed E-state index contributed by atoms with van der Waals surface area (Å²) in [7, 11) is 0. The molecule has 0 aliphatic carbocycles. The van der Waals surface area contributed by atoms with Gasteiger partial charge in [0.1, 0.15) is 0 Å². The molecule has 19 heavy (non-hydrogen) atoms. The first-order valence-corrected chi connectivity index (χ1v) is 6.62. The summed E-state index contributed by atoms with van der Waals surface area (Å²) in [5.74, 6) is -1.59. The van der Waals surface area contributed by atoms with Crippen molar-refractivity contribution in [2.45, 2.75) is 6.54 Å². The van der Waals surface area contributed by atoms with Crippen LogP contribution in [0.15, 0.2) is 53.1 Å². The highest BCUT2D eigenvalue weighted by Gasteiger charge is 2.09. The molecule has 1 heterocycles. The second-order valence-electron chi connectivity index (χ2n) is 4.36. The van der Waals surface area contributed by atoms with Crippen molar-refractivity contribution in [2.75, 3.05) is 0 Å². The van der Waals surface area contributed by atoms with Crippen LogP contribution >= 0.6 is 15.9 Å². The Bertz CT molecular complexity index is 749. The zero-order valence-corrected chi connectivity index (χ0v) is 11.5. The van der Waals surface area contributed by atoms with E-state index in [1.54, 1.807) is 6.07 Å². The molecule has 2 aromatic carbocycles. The lowest BCUT2D eigenvalue weighted by molar-refractivity contribution is 0.496. The SMILES string of the molecule is Fc1cccc(Cn2ccc3cc(Br)ccc32)c1F. The van der Waals surface area contributed by atoms with E-state index in [1.807, 2.05) is 35.0 Å². The molecule has 1 aromatic heterocycles. The zero-order valence-electron chi connectivity index (χ0n) is 9.91. The summed E-state index contributed by atoms with van der Waals surface area (Å²) in [6.07, 6.45) is 1.88. The first kappa shape index (κ1) is 12.4. The molecule has 0 N–H and O–H groups in total. The van der Waals surface area contributed by atoms with E-state index in [2.05, 4.69) is 15.9 Å². The second-order valence-corrected chi connectivity index (χ2v) is 5.28. The minimum atomic E-state index is -0.809. The molecule has 0 radical (unpaired) electrons. The summed E-state index contributed by atoms with van der Waals surface area (Å²) in [5.41, 5.74) is 1.34. The normalized spacial score (nSPS) is 11.1. The fourth-order valence-electron chi connectivity index (χ4n) is 2.16. The first-order chi connectivity index (χ1) is 9.15. The van der Waals surface area contributed by atoms with E-state index < -0.39 is 11.6 Å². The van der Waals surface area contributed by atoms with E-state index in [-0.39, 0.29) is 0 Å². The Hall–Kier alpha value is -1.68. The molecule has 1 nitrogen and oxygen atoms in total. The van der Waals surface area contributed by atoms with Gasteiger partial charge in [-0.25, -0.2) is 8.78 Å². The van der Waals surface area contributed by atoms with Crippen molar-refractivity contribution >= 4 is 26.8 Å². The Balaban J connectivity index is 2.04. The summed E-state index contributed by atoms with van der Waals surface area (Å²) >= 11 is 3.41. The highest BCUT2D eigenvalue weighted by molar-refractivity contribution is 9.10. The summed E-state index contributed by atoms with van der Waals surface area (Å²) in [6, 6.07) is 12.1. The molecule has 0 saturated heterocycles. The number of nitrogens with zero attached hydrogens (tertiary/aromatic N) is 1. The van der Waals surface area contributed by atoms with Gasteiger partial charge in [-0.1, -0.05) is 28.1 Å². The molecule has 4 heteroatoms. The quantitative estimate of drug-likeness (QED) is 0.643. The summed E-state index contributed by atoms with van der Waals surface area (Å²) in [6.45, 7) is 0.314. The van der Waals surface area contributed by atoms with Gasteiger partial charge >= 0.3 is 0 Å². The van der Waals surface area contributed by atoms with Gasteiger partial charge in [-0.15, -0.1) is 0 Å². The molecule has 0 bridgehead atoms. The van der Waals surface area contributed by atoms with Crippen LogP contribution in [-0.2, 0) is 6.54 Å². The molecule has 0 spiro atoms. The number of hydrogen-bond acceptors (Lipinski definition) is 0. The van der Waals surface area contributed by atoms with Gasteiger partial charge in [0.15, 0.2) is 11.6 Å². The molecule has 0 amide bonds. The van der Waals surface area contributed by atoms with E-state index >= 15 is 0 Å². The topological polar surface area (TPSA) is 4.93 Å². The van der Waals surface area contributed by atoms with Gasteiger partial charge in [0.25, 0.3) is 0 Å². The highest BCUT2D eigenvalue weighted by atomic mass is 79.9. The Morgan fingerprint density at radius 3 is 2.74 bits per heavy atom. The van der Waals surface area contributed by atoms with Gasteiger partial charge in [0.05, 0.1) is 6.54 Å². The number of aromatic nitrogens is 1. The van der Waals surface area contributed by atoms with E-state index in [0.29, 0.717) is 12.1 Å². The fourth-order valence-corrected chi connectivity index (χ4v) is 2.54. The average molecular weight is 322 g/mol. The van der Waals surface area contributed by atoms with Crippen molar-refractivity contribution in [1.82, 2.24) is 4.57 Å². The van der Waals surface area contributed by atoms with Gasteiger partial charge in [0.2, 0.25) is 0 Å². The highest BCUT2D eigenvalue weighted by Crippen LogP contribution is 2.22. The third kappa shape index (κ3) is 2.28. The van der Waals surface area contributed by atoms with Crippen molar-refractivity contribution in [3.8, 4) is 0 Å². The Morgan fingerprint density at radius 1 is 1.05 bits per heavy atom. The lowest BCUT2D eigenvalue weighted by Gasteiger charge is -2.07. The summed E-state index contributed by atoms with van der Waals surface area (Å²) in [4.78, 5) is 0. The fraction of sp³-hybridized carbons (Fsp3) is 0.0667. The molecule has 0 aliphatic rings. The predicted molar refractivity (Wildman–Crippen MR) is 75.1 cm³/mol. The molecule has 3 rings (SSSR count). The maximum Gasteiger partial charge on any atom is 0.163 e. The van der Waals surface area contributed by atoms with Crippen LogP contribution < -0.4 is 0 Å². The third-order valence-corrected chi connectivity index (χ3v) is 3.60. The molecule has 0 fully saturated rings. The van der Waals surface area contributed by atoms with E-state index in [4.69, 9.17) is 0 Å². The minimum absolute atomic E-state index is 0.314. The number of benzene rings is 2. The van der Waals surface area contributed by atoms with Gasteiger partial charge in [-0.2, -0.15) is 0 Å². The maximum atomic E-state index is 13.7. The molecular weight excluding hydrogens is 312 g/mol. The van der Waals surface area contributed by atoms with Crippen LogP contribution in [0.5, 0.6) is 0 Å². The van der Waals surface area contributed by atoms with Crippen LogP contribution in [0.1, 0.15) is 5.56 Å². The second kappa shape index (κ2) is 4.78. The molecule has 0 unspecified atom stereocenters. The number of fused-ring (bicyclic) bond motifs is 1. The van der Waals surface area contributed by atoms with Crippen molar-refractivity contribution in [2.24, 2.45) is 0 Å². The molecule has 3 aromatic rings. The number of halogens is 3. The van der Waals surface area contributed by atoms with E-state index in [1.165, 1.54) is 6.07 Å². The Labute approximate surface area is 117 Å². The van der Waals surface area contributed by atoms with Crippen LogP contribution in [0.25, 0.3) is 10.9 Å². The number of rotatable bonds is 2. The first-order valence-electron chi connectivity index (χ1n) is 5.82. The van der Waals surface area contributed by atoms with Gasteiger partial charge in [-0.3, -0.25) is 0 Å². The van der Waals surface area contributed by atoms with E-state index in [9.17, 15) is 8.78 Å². The van der Waals surface area contributed by atoms with Crippen LogP contribution in [0.3, 0.4) is 0 Å². The molecule has 0 aliphatic heterocycles. The smallest absolute Gasteiger partial charge is 0.163 e. The van der Waals surface area contributed by atoms with E-state index in [0.717, 1.165) is 21.4 Å². The molecule has 96 valence electrons. The average Bonchev–Trinajstić information content (AvgIpc) is 2.77. The largest absolute Gasteiger partial charge is 0.343 e. The summed E-state index contributed by atoms with van der Waals surface area (Å²) < 4.78 is 29.7. The van der Waals surface area contributed by atoms with Crippen molar-refractivity contribution in [3.63, 3.8) is 0 Å². The maximum absolute atomic E-state index is 13.7. The van der Waals surface area contributed by atoms with Crippen LogP contribution in [0.4, 0.5) is 8.78 Å². The predicted octanol–water partition coefficient (Wildman–Crippen LogP) is 4.73. The minimum Gasteiger partial charge on any atom is -0.343 e. The Morgan fingerprint density at radius 2 is 1.89 bits per heavy atom. The van der Waals surface area contributed by atoms with Gasteiger partial charge in [-0.05, 0) is 30.3 Å². The monoisotopic (exact) mass is 321 g/mol. The zero-order chi connectivity index (χ0) is 13.4. The molecular formula is C15H10BrF2N. The van der Waals surface area contributed by atoms with Crippen LogP contribution in [0, 0.1) is 11.6 Å². The molecule has 0 atom stereocenters. The third-order valence-electron chi connectivity index (χ3n) is 3.11. The summed E-state index contributed by atoms with van der Waals surface area (Å²) in [5, 5.41) is 1.06. The lowest BCUT2D eigenvalue weighted by Crippen LogP contribution is -2.02. The number of hydrogen-bond donors (Lipinski definition) is 0.